The Balaban J connectivity index is 1.89. The van der Waals surface area contributed by atoms with Crippen molar-refractivity contribution in [3.8, 4) is 0 Å². The molecule has 0 atom stereocenters. The number of aryl methyl sites for hydroxylation is 2. The van der Waals surface area contributed by atoms with Gasteiger partial charge >= 0.3 is 5.97 Å². The van der Waals surface area contributed by atoms with Crippen molar-refractivity contribution >= 4 is 5.97 Å². The highest BCUT2D eigenvalue weighted by atomic mass is 16.5. The van der Waals surface area contributed by atoms with Gasteiger partial charge in [-0.05, 0) is 32.1 Å². The van der Waals surface area contributed by atoms with Gasteiger partial charge in [0, 0.05) is 37.7 Å². The van der Waals surface area contributed by atoms with Crippen LogP contribution in [-0.4, -0.2) is 28.9 Å². The second-order valence-electron chi connectivity index (χ2n) is 5.06. The SMILES string of the molecule is Cc1cc(=O)c(C(=O)O)cn1CCCOCC1CC1. The van der Waals surface area contributed by atoms with E-state index < -0.39 is 11.4 Å². The molecule has 0 unspecified atom stereocenters. The normalized spacial score (nSPS) is 14.6. The molecule has 1 aromatic rings. The highest BCUT2D eigenvalue weighted by Gasteiger charge is 2.20. The largest absolute Gasteiger partial charge is 0.477 e. The van der Waals surface area contributed by atoms with Crippen LogP contribution in [0.3, 0.4) is 0 Å². The quantitative estimate of drug-likeness (QED) is 0.761. The Kier molecular flexibility index (Phi) is 4.37. The fraction of sp³-hybridized carbons (Fsp3) is 0.571. The number of aromatic nitrogens is 1. The van der Waals surface area contributed by atoms with Crippen molar-refractivity contribution in [1.29, 1.82) is 0 Å². The first-order valence-corrected chi connectivity index (χ1v) is 6.60. The van der Waals surface area contributed by atoms with Crippen molar-refractivity contribution in [3.63, 3.8) is 0 Å². The van der Waals surface area contributed by atoms with Crippen molar-refractivity contribution in [2.45, 2.75) is 32.7 Å². The number of hydrogen-bond donors (Lipinski definition) is 1. The molecule has 1 saturated carbocycles. The topological polar surface area (TPSA) is 68.5 Å². The summed E-state index contributed by atoms with van der Waals surface area (Å²) >= 11 is 0. The molecule has 0 aromatic carbocycles. The zero-order valence-corrected chi connectivity index (χ0v) is 11.1. The average molecular weight is 265 g/mol. The minimum Gasteiger partial charge on any atom is -0.477 e. The van der Waals surface area contributed by atoms with Crippen molar-refractivity contribution in [3.05, 3.63) is 33.7 Å². The standard InChI is InChI=1S/C14H19NO4/c1-10-7-13(16)12(14(17)18)8-15(10)5-2-6-19-9-11-3-4-11/h7-8,11H,2-6,9H2,1H3,(H,17,18). The van der Waals surface area contributed by atoms with Gasteiger partial charge in [-0.15, -0.1) is 0 Å². The molecule has 2 rings (SSSR count). The average Bonchev–Trinajstić information content (AvgIpc) is 3.14. The van der Waals surface area contributed by atoms with Gasteiger partial charge in [-0.1, -0.05) is 0 Å². The summed E-state index contributed by atoms with van der Waals surface area (Å²) in [4.78, 5) is 22.4. The maximum Gasteiger partial charge on any atom is 0.341 e. The summed E-state index contributed by atoms with van der Waals surface area (Å²) in [5.41, 5.74) is 0.160. The van der Waals surface area contributed by atoms with Crippen LogP contribution >= 0.6 is 0 Å². The van der Waals surface area contributed by atoms with Crippen LogP contribution in [-0.2, 0) is 11.3 Å². The van der Waals surface area contributed by atoms with E-state index in [0.29, 0.717) is 13.2 Å². The molecular weight excluding hydrogens is 246 g/mol. The van der Waals surface area contributed by atoms with E-state index in [9.17, 15) is 9.59 Å². The molecule has 0 saturated heterocycles. The molecule has 1 heterocycles. The van der Waals surface area contributed by atoms with Gasteiger partial charge in [0.25, 0.3) is 0 Å². The van der Waals surface area contributed by atoms with E-state index in [2.05, 4.69) is 0 Å². The molecule has 104 valence electrons. The molecule has 1 aliphatic carbocycles. The third-order valence-electron chi connectivity index (χ3n) is 3.31. The molecular formula is C14H19NO4. The van der Waals surface area contributed by atoms with Crippen LogP contribution in [0.15, 0.2) is 17.1 Å². The Labute approximate surface area is 111 Å². The lowest BCUT2D eigenvalue weighted by atomic mass is 10.2. The maximum absolute atomic E-state index is 11.5. The highest BCUT2D eigenvalue weighted by Crippen LogP contribution is 2.28. The number of ether oxygens (including phenoxy) is 1. The summed E-state index contributed by atoms with van der Waals surface area (Å²) < 4.78 is 7.33. The molecule has 1 aliphatic rings. The Morgan fingerprint density at radius 3 is 2.89 bits per heavy atom. The van der Waals surface area contributed by atoms with Gasteiger partial charge in [0.1, 0.15) is 5.56 Å². The number of hydrogen-bond acceptors (Lipinski definition) is 3. The van der Waals surface area contributed by atoms with Crippen LogP contribution in [0.5, 0.6) is 0 Å². The number of carboxylic acids is 1. The van der Waals surface area contributed by atoms with Gasteiger partial charge < -0.3 is 14.4 Å². The Bertz CT molecular complexity index is 517. The number of nitrogens with zero attached hydrogens (tertiary/aromatic N) is 1. The Hall–Kier alpha value is -1.62. The van der Waals surface area contributed by atoms with Gasteiger partial charge in [0.05, 0.1) is 0 Å². The zero-order chi connectivity index (χ0) is 13.8. The van der Waals surface area contributed by atoms with Crippen molar-refractivity contribution in [2.75, 3.05) is 13.2 Å². The van der Waals surface area contributed by atoms with Gasteiger partial charge in [-0.2, -0.15) is 0 Å². The van der Waals surface area contributed by atoms with Gasteiger partial charge in [-0.25, -0.2) is 4.79 Å². The van der Waals surface area contributed by atoms with E-state index in [-0.39, 0.29) is 5.56 Å². The highest BCUT2D eigenvalue weighted by molar-refractivity contribution is 5.87. The summed E-state index contributed by atoms with van der Waals surface area (Å²) in [6, 6.07) is 1.37. The van der Waals surface area contributed by atoms with E-state index in [0.717, 1.165) is 24.6 Å². The van der Waals surface area contributed by atoms with E-state index in [1.165, 1.54) is 25.1 Å². The third kappa shape index (κ3) is 3.92. The summed E-state index contributed by atoms with van der Waals surface area (Å²) in [5.74, 6) is -0.420. The third-order valence-corrected chi connectivity index (χ3v) is 3.31. The second-order valence-corrected chi connectivity index (χ2v) is 5.06. The lowest BCUT2D eigenvalue weighted by Crippen LogP contribution is -2.19. The van der Waals surface area contributed by atoms with Gasteiger partial charge in [0.15, 0.2) is 5.43 Å². The summed E-state index contributed by atoms with van der Waals surface area (Å²) in [7, 11) is 0. The van der Waals surface area contributed by atoms with Crippen LogP contribution in [0.1, 0.15) is 35.3 Å². The fourth-order valence-corrected chi connectivity index (χ4v) is 1.94. The smallest absolute Gasteiger partial charge is 0.341 e. The predicted octanol–water partition coefficient (Wildman–Crippen LogP) is 1.67. The molecule has 19 heavy (non-hydrogen) atoms. The first kappa shape index (κ1) is 13.8. The molecule has 1 aromatic heterocycles. The maximum atomic E-state index is 11.5. The number of carbonyl (C=O) groups is 1. The molecule has 0 aliphatic heterocycles. The molecule has 5 heteroatoms. The van der Waals surface area contributed by atoms with E-state index in [1.54, 1.807) is 11.5 Å². The monoisotopic (exact) mass is 265 g/mol. The number of rotatable bonds is 7. The first-order valence-electron chi connectivity index (χ1n) is 6.60. The number of carboxylic acid groups (broad SMARTS) is 1. The van der Waals surface area contributed by atoms with Crippen LogP contribution in [0, 0.1) is 12.8 Å². The number of aromatic carboxylic acids is 1. The Morgan fingerprint density at radius 1 is 1.53 bits per heavy atom. The zero-order valence-electron chi connectivity index (χ0n) is 11.1. The lowest BCUT2D eigenvalue weighted by Gasteiger charge is -2.11. The molecule has 1 fully saturated rings. The van der Waals surface area contributed by atoms with Gasteiger partial charge in [-0.3, -0.25) is 4.79 Å². The predicted molar refractivity (Wildman–Crippen MR) is 70.6 cm³/mol. The lowest BCUT2D eigenvalue weighted by molar-refractivity contribution is 0.0694. The minimum atomic E-state index is -1.18. The van der Waals surface area contributed by atoms with Crippen molar-refractivity contribution < 1.29 is 14.6 Å². The van der Waals surface area contributed by atoms with Crippen molar-refractivity contribution in [2.24, 2.45) is 5.92 Å². The molecule has 5 nitrogen and oxygen atoms in total. The first-order chi connectivity index (χ1) is 9.08. The molecule has 0 radical (unpaired) electrons. The fourth-order valence-electron chi connectivity index (χ4n) is 1.94. The molecule has 1 N–H and O–H groups in total. The van der Waals surface area contributed by atoms with Gasteiger partial charge in [0.2, 0.25) is 0 Å². The van der Waals surface area contributed by atoms with Crippen LogP contribution in [0.4, 0.5) is 0 Å². The molecule has 0 amide bonds. The van der Waals surface area contributed by atoms with Crippen molar-refractivity contribution in [1.82, 2.24) is 4.57 Å². The van der Waals surface area contributed by atoms with Crippen LogP contribution in [0.25, 0.3) is 0 Å². The number of pyridine rings is 1. The minimum absolute atomic E-state index is 0.176. The van der Waals surface area contributed by atoms with Crippen LogP contribution < -0.4 is 5.43 Å². The molecule has 0 spiro atoms. The Morgan fingerprint density at radius 2 is 2.26 bits per heavy atom. The second kappa shape index (κ2) is 6.02. The van der Waals surface area contributed by atoms with E-state index in [4.69, 9.17) is 9.84 Å². The summed E-state index contributed by atoms with van der Waals surface area (Å²) in [5, 5.41) is 8.92. The summed E-state index contributed by atoms with van der Waals surface area (Å²) in [6.07, 6.45) is 4.79. The van der Waals surface area contributed by atoms with E-state index >= 15 is 0 Å². The van der Waals surface area contributed by atoms with E-state index in [1.807, 2.05) is 0 Å². The summed E-state index contributed by atoms with van der Waals surface area (Å²) in [6.45, 7) is 3.98. The molecule has 0 bridgehead atoms. The van der Waals surface area contributed by atoms with Crippen LogP contribution in [0.2, 0.25) is 0 Å².